The molecule has 9 nitrogen and oxygen atoms in total. The van der Waals surface area contributed by atoms with E-state index < -0.39 is 17.9 Å². The molecule has 0 saturated carbocycles. The zero-order valence-electron chi connectivity index (χ0n) is 19.2. The number of aryl methyl sites for hydroxylation is 1. The highest BCUT2D eigenvalue weighted by Gasteiger charge is 2.40. The van der Waals surface area contributed by atoms with E-state index in [1.54, 1.807) is 48.0 Å². The molecule has 0 spiro atoms. The molecule has 182 valence electrons. The molecule has 3 N–H and O–H groups in total. The maximum Gasteiger partial charge on any atom is 0.338 e. The lowest BCUT2D eigenvalue weighted by Gasteiger charge is -2.33. The fourth-order valence-electron chi connectivity index (χ4n) is 3.96. The summed E-state index contributed by atoms with van der Waals surface area (Å²) in [4.78, 5) is 29.9. The van der Waals surface area contributed by atoms with Gasteiger partial charge in [0.2, 0.25) is 11.9 Å². The minimum Gasteiger partial charge on any atom is -0.462 e. The van der Waals surface area contributed by atoms with Crippen LogP contribution >= 0.6 is 11.6 Å². The van der Waals surface area contributed by atoms with Crippen LogP contribution < -0.4 is 10.6 Å². The molecule has 4 rings (SSSR count). The molecule has 1 aliphatic heterocycles. The smallest absolute Gasteiger partial charge is 0.338 e. The van der Waals surface area contributed by atoms with E-state index in [-0.39, 0.29) is 19.1 Å². The van der Waals surface area contributed by atoms with E-state index in [0.29, 0.717) is 46.6 Å². The molecule has 0 radical (unpaired) electrons. The van der Waals surface area contributed by atoms with Crippen LogP contribution in [-0.2, 0) is 16.0 Å². The van der Waals surface area contributed by atoms with Gasteiger partial charge in [-0.15, -0.1) is 0 Å². The number of rotatable bonds is 8. The zero-order chi connectivity index (χ0) is 24.9. The molecule has 2 unspecified atom stereocenters. The van der Waals surface area contributed by atoms with E-state index in [1.807, 2.05) is 12.1 Å². The van der Waals surface area contributed by atoms with Crippen molar-refractivity contribution in [3.8, 4) is 0 Å². The Bertz CT molecular complexity index is 1220. The maximum absolute atomic E-state index is 13.5. The molecular formula is C25H26ClN5O4. The molecular weight excluding hydrogens is 470 g/mol. The average molecular weight is 496 g/mol. The molecule has 3 aromatic rings. The second-order valence-corrected chi connectivity index (χ2v) is 8.47. The van der Waals surface area contributed by atoms with Crippen LogP contribution in [0.25, 0.3) is 0 Å². The summed E-state index contributed by atoms with van der Waals surface area (Å²) in [5.74, 6) is -0.409. The quantitative estimate of drug-likeness (QED) is 0.406. The number of carbonyl (C=O) groups excluding carboxylic acids is 2. The number of halogens is 1. The standard InChI is InChI=1S/C25H26ClN5O4/c1-3-35-24(34)17-8-12-19(13-9-17)28-23(33)21-15(2)27-25-29-20(5-4-14-32)30-31(25)22(21)16-6-10-18(26)11-7-16/h6-13,21-22,32H,2-5,14H2,1H3,(H,28,33)(H,27,29,30). The van der Waals surface area contributed by atoms with Crippen molar-refractivity contribution in [3.05, 3.63) is 82.8 Å². The summed E-state index contributed by atoms with van der Waals surface area (Å²) in [5, 5.41) is 20.4. The van der Waals surface area contributed by atoms with Crippen LogP contribution in [0, 0.1) is 5.92 Å². The molecule has 0 saturated heterocycles. The second-order valence-electron chi connectivity index (χ2n) is 8.03. The third kappa shape index (κ3) is 5.36. The number of aromatic nitrogens is 3. The first kappa shape index (κ1) is 24.4. The van der Waals surface area contributed by atoms with Crippen LogP contribution in [0.5, 0.6) is 0 Å². The Morgan fingerprint density at radius 1 is 1.20 bits per heavy atom. The van der Waals surface area contributed by atoms with Gasteiger partial charge >= 0.3 is 5.97 Å². The van der Waals surface area contributed by atoms with E-state index in [2.05, 4.69) is 27.3 Å². The molecule has 0 fully saturated rings. The van der Waals surface area contributed by atoms with E-state index in [0.717, 1.165) is 5.56 Å². The van der Waals surface area contributed by atoms with E-state index in [4.69, 9.17) is 16.3 Å². The van der Waals surface area contributed by atoms with Crippen LogP contribution in [0.1, 0.15) is 41.1 Å². The summed E-state index contributed by atoms with van der Waals surface area (Å²) in [6.07, 6.45) is 1.03. The normalized spacial score (nSPS) is 16.8. The van der Waals surface area contributed by atoms with Crippen molar-refractivity contribution in [2.75, 3.05) is 23.8 Å². The van der Waals surface area contributed by atoms with Crippen molar-refractivity contribution in [1.82, 2.24) is 14.8 Å². The number of aliphatic hydroxyl groups is 1. The Morgan fingerprint density at radius 3 is 2.57 bits per heavy atom. The number of hydrogen-bond donors (Lipinski definition) is 3. The minimum absolute atomic E-state index is 0.0324. The van der Waals surface area contributed by atoms with Crippen molar-refractivity contribution in [1.29, 1.82) is 0 Å². The average Bonchev–Trinajstić information content (AvgIpc) is 3.25. The third-order valence-electron chi connectivity index (χ3n) is 5.62. The topological polar surface area (TPSA) is 118 Å². The summed E-state index contributed by atoms with van der Waals surface area (Å²) in [6, 6.07) is 13.2. The SMILES string of the molecule is C=C1Nc2nc(CCCO)nn2C(c2ccc(Cl)cc2)C1C(=O)Nc1ccc(C(=O)OCC)cc1. The fourth-order valence-corrected chi connectivity index (χ4v) is 4.09. The van der Waals surface area contributed by atoms with Crippen LogP contribution in [0.2, 0.25) is 5.02 Å². The molecule has 1 aliphatic rings. The van der Waals surface area contributed by atoms with Crippen molar-refractivity contribution in [2.45, 2.75) is 25.8 Å². The highest BCUT2D eigenvalue weighted by Crippen LogP contribution is 2.38. The second kappa shape index (κ2) is 10.7. The van der Waals surface area contributed by atoms with Gasteiger partial charge < -0.3 is 20.5 Å². The van der Waals surface area contributed by atoms with Crippen molar-refractivity contribution >= 4 is 35.1 Å². The van der Waals surface area contributed by atoms with Gasteiger partial charge in [-0.25, -0.2) is 9.48 Å². The Hall–Kier alpha value is -3.69. The summed E-state index contributed by atoms with van der Waals surface area (Å²) in [7, 11) is 0. The van der Waals surface area contributed by atoms with Gasteiger partial charge in [-0.1, -0.05) is 30.3 Å². The maximum atomic E-state index is 13.5. The highest BCUT2D eigenvalue weighted by atomic mass is 35.5. The molecule has 35 heavy (non-hydrogen) atoms. The lowest BCUT2D eigenvalue weighted by atomic mass is 9.88. The Morgan fingerprint density at radius 2 is 1.91 bits per heavy atom. The Kier molecular flexibility index (Phi) is 7.48. The van der Waals surface area contributed by atoms with Crippen molar-refractivity contribution < 1.29 is 19.4 Å². The molecule has 10 heteroatoms. The highest BCUT2D eigenvalue weighted by molar-refractivity contribution is 6.30. The number of nitrogens with zero attached hydrogens (tertiary/aromatic N) is 3. The molecule has 0 bridgehead atoms. The van der Waals surface area contributed by atoms with Crippen molar-refractivity contribution in [2.24, 2.45) is 5.92 Å². The van der Waals surface area contributed by atoms with E-state index in [9.17, 15) is 14.7 Å². The Balaban J connectivity index is 1.64. The van der Waals surface area contributed by atoms with Crippen LogP contribution in [0.3, 0.4) is 0 Å². The van der Waals surface area contributed by atoms with Crippen molar-refractivity contribution in [3.63, 3.8) is 0 Å². The molecule has 1 amide bonds. The monoisotopic (exact) mass is 495 g/mol. The lowest BCUT2D eigenvalue weighted by molar-refractivity contribution is -0.119. The van der Waals surface area contributed by atoms with Gasteiger partial charge in [-0.3, -0.25) is 4.79 Å². The number of benzene rings is 2. The van der Waals surface area contributed by atoms with Gasteiger partial charge in [0.1, 0.15) is 5.92 Å². The summed E-state index contributed by atoms with van der Waals surface area (Å²) in [6.45, 7) is 6.16. The van der Waals surface area contributed by atoms with Gasteiger partial charge in [-0.2, -0.15) is 10.1 Å². The third-order valence-corrected chi connectivity index (χ3v) is 5.87. The predicted molar refractivity (Wildman–Crippen MR) is 132 cm³/mol. The first-order valence-electron chi connectivity index (χ1n) is 11.3. The lowest BCUT2D eigenvalue weighted by Crippen LogP contribution is -2.39. The molecule has 2 atom stereocenters. The summed E-state index contributed by atoms with van der Waals surface area (Å²) >= 11 is 6.10. The van der Waals surface area contributed by atoms with E-state index in [1.165, 1.54) is 0 Å². The molecule has 2 aromatic carbocycles. The molecule has 2 heterocycles. The molecule has 1 aromatic heterocycles. The minimum atomic E-state index is -0.721. The number of fused-ring (bicyclic) bond motifs is 1. The molecule has 0 aliphatic carbocycles. The zero-order valence-corrected chi connectivity index (χ0v) is 20.0. The number of anilines is 2. The van der Waals surface area contributed by atoms with E-state index >= 15 is 0 Å². The fraction of sp³-hybridized carbons (Fsp3) is 0.280. The van der Waals surface area contributed by atoms with Gasteiger partial charge in [0.15, 0.2) is 5.82 Å². The van der Waals surface area contributed by atoms with Gasteiger partial charge in [0.05, 0.1) is 18.2 Å². The van der Waals surface area contributed by atoms with Crippen LogP contribution in [0.15, 0.2) is 60.8 Å². The number of esters is 1. The van der Waals surface area contributed by atoms with Gasteiger partial charge in [-0.05, 0) is 55.3 Å². The number of ether oxygens (including phenoxy) is 1. The Labute approximate surface area is 207 Å². The van der Waals surface area contributed by atoms with Gasteiger partial charge in [0, 0.05) is 29.4 Å². The first-order chi connectivity index (χ1) is 16.9. The van der Waals surface area contributed by atoms with Gasteiger partial charge in [0.25, 0.3) is 0 Å². The summed E-state index contributed by atoms with van der Waals surface area (Å²) < 4.78 is 6.68. The summed E-state index contributed by atoms with van der Waals surface area (Å²) in [5.41, 5.74) is 2.21. The van der Waals surface area contributed by atoms with Crippen LogP contribution in [-0.4, -0.2) is 45.0 Å². The largest absolute Gasteiger partial charge is 0.462 e. The number of nitrogens with one attached hydrogen (secondary N) is 2. The number of carbonyl (C=O) groups is 2. The number of hydrogen-bond acceptors (Lipinski definition) is 7. The first-order valence-corrected chi connectivity index (χ1v) is 11.6. The van der Waals surface area contributed by atoms with Crippen LogP contribution in [0.4, 0.5) is 11.6 Å². The number of aliphatic hydroxyl groups excluding tert-OH is 1. The number of amides is 1. The predicted octanol–water partition coefficient (Wildman–Crippen LogP) is 3.82.